The third-order valence-electron chi connectivity index (χ3n) is 5.97. The first kappa shape index (κ1) is 14.2. The lowest BCUT2D eigenvalue weighted by atomic mass is 9.79. The minimum absolute atomic E-state index is 0.0396. The van der Waals surface area contributed by atoms with Crippen LogP contribution in [0.3, 0.4) is 0 Å². The van der Waals surface area contributed by atoms with Crippen LogP contribution < -0.4 is 5.32 Å². The van der Waals surface area contributed by atoms with Gasteiger partial charge in [0.25, 0.3) is 0 Å². The molecule has 4 heteroatoms. The van der Waals surface area contributed by atoms with Crippen molar-refractivity contribution in [2.45, 2.75) is 57.6 Å². The molecule has 0 spiro atoms. The first-order valence-corrected chi connectivity index (χ1v) is 8.26. The summed E-state index contributed by atoms with van der Waals surface area (Å²) in [5.41, 5.74) is 0. The molecule has 3 saturated carbocycles. The maximum absolute atomic E-state index is 12.2. The Morgan fingerprint density at radius 3 is 2.80 bits per heavy atom. The Kier molecular flexibility index (Phi) is 3.93. The Hall–Kier alpha value is -0.770. The molecule has 3 aliphatic rings. The van der Waals surface area contributed by atoms with E-state index in [1.807, 2.05) is 7.05 Å². The van der Waals surface area contributed by atoms with Crippen molar-refractivity contribution in [1.29, 1.82) is 0 Å². The predicted octanol–water partition coefficient (Wildman–Crippen LogP) is 2.22. The fourth-order valence-corrected chi connectivity index (χ4v) is 4.98. The monoisotopic (exact) mass is 280 g/mol. The summed E-state index contributed by atoms with van der Waals surface area (Å²) >= 11 is 0. The summed E-state index contributed by atoms with van der Waals surface area (Å²) in [6.07, 6.45) is 7.06. The molecular formula is C16H28N2O2. The molecule has 6 atom stereocenters. The van der Waals surface area contributed by atoms with E-state index in [1.165, 1.54) is 32.1 Å². The highest BCUT2D eigenvalue weighted by Gasteiger charge is 2.54. The van der Waals surface area contributed by atoms with Gasteiger partial charge in [-0.15, -0.1) is 0 Å². The normalized spacial score (nSPS) is 39.6. The van der Waals surface area contributed by atoms with Crippen LogP contribution in [0.2, 0.25) is 0 Å². The second kappa shape index (κ2) is 5.55. The van der Waals surface area contributed by atoms with E-state index in [2.05, 4.69) is 5.32 Å². The molecular weight excluding hydrogens is 252 g/mol. The lowest BCUT2D eigenvalue weighted by Gasteiger charge is -2.33. The number of rotatable bonds is 4. The van der Waals surface area contributed by atoms with Gasteiger partial charge in [-0.1, -0.05) is 6.42 Å². The fourth-order valence-electron chi connectivity index (χ4n) is 4.98. The van der Waals surface area contributed by atoms with Crippen molar-refractivity contribution in [1.82, 2.24) is 10.2 Å². The number of carbonyl (C=O) groups is 1. The molecule has 6 unspecified atom stereocenters. The third-order valence-corrected chi connectivity index (χ3v) is 5.97. The number of hydrogen-bond donors (Lipinski definition) is 2. The third kappa shape index (κ3) is 2.54. The molecule has 0 aromatic carbocycles. The molecule has 3 aliphatic carbocycles. The fraction of sp³-hybridized carbons (Fsp3) is 0.938. The van der Waals surface area contributed by atoms with Gasteiger partial charge in [0.2, 0.25) is 0 Å². The van der Waals surface area contributed by atoms with Gasteiger partial charge in [0, 0.05) is 19.6 Å². The van der Waals surface area contributed by atoms with Gasteiger partial charge in [-0.2, -0.15) is 0 Å². The Balaban J connectivity index is 1.50. The smallest absolute Gasteiger partial charge is 0.317 e. The Labute approximate surface area is 121 Å². The molecule has 3 rings (SSSR count). The molecule has 0 aromatic heterocycles. The summed E-state index contributed by atoms with van der Waals surface area (Å²) in [5.74, 6) is 3.48. The zero-order valence-corrected chi connectivity index (χ0v) is 12.7. The SMILES string of the molecule is CC(O)CCN(C)C(=O)NC1CC2CC1C1CCCC21. The van der Waals surface area contributed by atoms with Gasteiger partial charge in [-0.05, 0) is 62.7 Å². The van der Waals surface area contributed by atoms with Crippen LogP contribution in [0.1, 0.15) is 45.4 Å². The molecule has 0 aliphatic heterocycles. The maximum Gasteiger partial charge on any atom is 0.317 e. The summed E-state index contributed by atoms with van der Waals surface area (Å²) in [5, 5.41) is 12.5. The molecule has 3 fully saturated rings. The average molecular weight is 280 g/mol. The molecule has 0 aromatic rings. The van der Waals surface area contributed by atoms with Crippen LogP contribution >= 0.6 is 0 Å². The maximum atomic E-state index is 12.2. The summed E-state index contributed by atoms with van der Waals surface area (Å²) in [4.78, 5) is 13.9. The van der Waals surface area contributed by atoms with Gasteiger partial charge in [-0.25, -0.2) is 4.79 Å². The van der Waals surface area contributed by atoms with Crippen molar-refractivity contribution >= 4 is 6.03 Å². The van der Waals surface area contributed by atoms with Gasteiger partial charge >= 0.3 is 6.03 Å². The van der Waals surface area contributed by atoms with Crippen LogP contribution in [0, 0.1) is 23.7 Å². The highest BCUT2D eigenvalue weighted by molar-refractivity contribution is 5.74. The van der Waals surface area contributed by atoms with E-state index >= 15 is 0 Å². The topological polar surface area (TPSA) is 52.6 Å². The predicted molar refractivity (Wildman–Crippen MR) is 78.3 cm³/mol. The number of carbonyl (C=O) groups excluding carboxylic acids is 1. The van der Waals surface area contributed by atoms with Crippen molar-refractivity contribution in [3.8, 4) is 0 Å². The lowest BCUT2D eigenvalue weighted by Crippen LogP contribution is -2.47. The van der Waals surface area contributed by atoms with E-state index in [0.717, 1.165) is 23.7 Å². The van der Waals surface area contributed by atoms with Crippen LogP contribution in [0.15, 0.2) is 0 Å². The largest absolute Gasteiger partial charge is 0.393 e. The summed E-state index contributed by atoms with van der Waals surface area (Å²) in [6.45, 7) is 2.39. The molecule has 0 radical (unpaired) electrons. The number of aliphatic hydroxyl groups excluding tert-OH is 1. The minimum Gasteiger partial charge on any atom is -0.393 e. The first-order valence-electron chi connectivity index (χ1n) is 8.26. The molecule has 2 amide bonds. The van der Waals surface area contributed by atoms with E-state index in [4.69, 9.17) is 0 Å². The van der Waals surface area contributed by atoms with Crippen molar-refractivity contribution in [3.05, 3.63) is 0 Å². The standard InChI is InChI=1S/C16H28N2O2/c1-10(19)6-7-18(2)16(20)17-15-9-11-8-14(15)13-5-3-4-12(11)13/h10-15,19H,3-9H2,1-2H3,(H,17,20). The molecule has 2 bridgehead atoms. The average Bonchev–Trinajstić information content (AvgIpc) is 3.06. The van der Waals surface area contributed by atoms with E-state index in [-0.39, 0.29) is 12.1 Å². The Bertz CT molecular complexity index is 371. The zero-order chi connectivity index (χ0) is 14.3. The van der Waals surface area contributed by atoms with E-state index < -0.39 is 0 Å². The number of nitrogens with one attached hydrogen (secondary N) is 1. The number of fused-ring (bicyclic) bond motifs is 5. The molecule has 114 valence electrons. The second-order valence-corrected chi connectivity index (χ2v) is 7.27. The number of nitrogens with zero attached hydrogens (tertiary/aromatic N) is 1. The first-order chi connectivity index (χ1) is 9.56. The van der Waals surface area contributed by atoms with Gasteiger partial charge in [0.1, 0.15) is 0 Å². The van der Waals surface area contributed by atoms with Gasteiger partial charge < -0.3 is 15.3 Å². The summed E-state index contributed by atoms with van der Waals surface area (Å²) in [7, 11) is 1.82. The van der Waals surface area contributed by atoms with Crippen molar-refractivity contribution in [2.75, 3.05) is 13.6 Å². The van der Waals surface area contributed by atoms with Gasteiger partial charge in [0.15, 0.2) is 0 Å². The number of aliphatic hydroxyl groups is 1. The lowest BCUT2D eigenvalue weighted by molar-refractivity contribution is 0.156. The highest BCUT2D eigenvalue weighted by Crippen LogP contribution is 2.58. The quantitative estimate of drug-likeness (QED) is 0.829. The Morgan fingerprint density at radius 2 is 2.05 bits per heavy atom. The van der Waals surface area contributed by atoms with Crippen LogP contribution in [0.4, 0.5) is 4.79 Å². The van der Waals surface area contributed by atoms with Crippen LogP contribution in [0.25, 0.3) is 0 Å². The van der Waals surface area contributed by atoms with Gasteiger partial charge in [0.05, 0.1) is 6.10 Å². The second-order valence-electron chi connectivity index (χ2n) is 7.27. The van der Waals surface area contributed by atoms with Crippen LogP contribution in [0.5, 0.6) is 0 Å². The van der Waals surface area contributed by atoms with Crippen molar-refractivity contribution < 1.29 is 9.90 Å². The van der Waals surface area contributed by atoms with E-state index in [1.54, 1.807) is 11.8 Å². The zero-order valence-electron chi connectivity index (χ0n) is 12.7. The minimum atomic E-state index is -0.341. The Morgan fingerprint density at radius 1 is 1.30 bits per heavy atom. The van der Waals surface area contributed by atoms with Crippen molar-refractivity contribution in [2.24, 2.45) is 23.7 Å². The van der Waals surface area contributed by atoms with E-state index in [0.29, 0.717) is 19.0 Å². The summed E-state index contributed by atoms with van der Waals surface area (Å²) < 4.78 is 0. The molecule has 0 heterocycles. The van der Waals surface area contributed by atoms with Crippen LogP contribution in [-0.2, 0) is 0 Å². The number of hydrogen-bond acceptors (Lipinski definition) is 2. The molecule has 20 heavy (non-hydrogen) atoms. The summed E-state index contributed by atoms with van der Waals surface area (Å²) in [6, 6.07) is 0.443. The molecule has 4 nitrogen and oxygen atoms in total. The molecule has 0 saturated heterocycles. The van der Waals surface area contributed by atoms with Crippen LogP contribution in [-0.4, -0.2) is 41.8 Å². The van der Waals surface area contributed by atoms with Gasteiger partial charge in [-0.3, -0.25) is 0 Å². The number of amides is 2. The highest BCUT2D eigenvalue weighted by atomic mass is 16.3. The molecule has 2 N–H and O–H groups in total. The van der Waals surface area contributed by atoms with Crippen molar-refractivity contribution in [3.63, 3.8) is 0 Å². The number of urea groups is 1. The van der Waals surface area contributed by atoms with E-state index in [9.17, 15) is 9.90 Å².